The van der Waals surface area contributed by atoms with Gasteiger partial charge >= 0.3 is 0 Å². The highest BCUT2D eigenvalue weighted by molar-refractivity contribution is 7.20. The Morgan fingerprint density at radius 3 is 2.64 bits per heavy atom. The number of nitrogens with one attached hydrogen (secondary N) is 1. The number of aromatic nitrogens is 2. The summed E-state index contributed by atoms with van der Waals surface area (Å²) in [6.45, 7) is 5.26. The average Bonchev–Trinajstić information content (AvgIpc) is 3.17. The first-order chi connectivity index (χ1) is 16.0. The number of nitrogens with zero attached hydrogens (tertiary/aromatic N) is 3. The van der Waals surface area contributed by atoms with E-state index in [-0.39, 0.29) is 24.4 Å². The second kappa shape index (κ2) is 10.5. The van der Waals surface area contributed by atoms with Crippen LogP contribution in [-0.2, 0) is 16.1 Å². The number of ether oxygens (including phenoxy) is 3. The summed E-state index contributed by atoms with van der Waals surface area (Å²) in [7, 11) is 3.12. The summed E-state index contributed by atoms with van der Waals surface area (Å²) in [4.78, 5) is 25.6. The Morgan fingerprint density at radius 2 is 1.97 bits per heavy atom. The van der Waals surface area contributed by atoms with Crippen molar-refractivity contribution in [2.45, 2.75) is 19.6 Å². The van der Waals surface area contributed by atoms with Crippen LogP contribution in [0.1, 0.15) is 32.7 Å². The maximum absolute atomic E-state index is 13.5. The maximum atomic E-state index is 13.5. The Hall–Kier alpha value is -2.66. The highest BCUT2D eigenvalue weighted by Gasteiger charge is 2.25. The second-order valence-electron chi connectivity index (χ2n) is 7.74. The zero-order valence-corrected chi connectivity index (χ0v) is 19.7. The number of rotatable bonds is 8. The first kappa shape index (κ1) is 23.5. The number of amides is 1. The van der Waals surface area contributed by atoms with Crippen molar-refractivity contribution >= 4 is 27.5 Å². The van der Waals surface area contributed by atoms with Crippen molar-refractivity contribution in [2.75, 3.05) is 47.1 Å². The van der Waals surface area contributed by atoms with Crippen LogP contribution in [0.2, 0.25) is 0 Å². The van der Waals surface area contributed by atoms with Gasteiger partial charge in [0.2, 0.25) is 5.88 Å². The van der Waals surface area contributed by atoms with E-state index >= 15 is 0 Å². The molecule has 33 heavy (non-hydrogen) atoms. The number of carbonyl (C=O) groups excluding carboxylic acids is 1. The summed E-state index contributed by atoms with van der Waals surface area (Å²) in [6, 6.07) is 6.34. The average molecular weight is 475 g/mol. The Balaban J connectivity index is 1.58. The summed E-state index contributed by atoms with van der Waals surface area (Å²) >= 11 is 1.30. The molecule has 0 aliphatic carbocycles. The Labute approximate surface area is 195 Å². The van der Waals surface area contributed by atoms with Gasteiger partial charge in [0.05, 0.1) is 36.6 Å². The van der Waals surface area contributed by atoms with Gasteiger partial charge in [0.1, 0.15) is 17.3 Å². The van der Waals surface area contributed by atoms with Gasteiger partial charge in [-0.3, -0.25) is 9.69 Å². The highest BCUT2D eigenvalue weighted by Crippen LogP contribution is 2.35. The number of hydrogen-bond acceptors (Lipinski definition) is 8. The van der Waals surface area contributed by atoms with Crippen molar-refractivity contribution in [3.63, 3.8) is 0 Å². The fraction of sp³-hybridized carbons (Fsp3) is 0.435. The fourth-order valence-electron chi connectivity index (χ4n) is 4.00. The summed E-state index contributed by atoms with van der Waals surface area (Å²) < 4.78 is 29.6. The molecule has 10 heteroatoms. The predicted molar refractivity (Wildman–Crippen MR) is 123 cm³/mol. The molecule has 176 valence electrons. The lowest BCUT2D eigenvalue weighted by atomic mass is 10.0. The topological polar surface area (TPSA) is 85.8 Å². The van der Waals surface area contributed by atoms with E-state index in [1.807, 2.05) is 6.92 Å². The molecule has 1 fully saturated rings. The van der Waals surface area contributed by atoms with E-state index in [4.69, 9.17) is 14.2 Å². The molecule has 8 nitrogen and oxygen atoms in total. The minimum Gasteiger partial charge on any atom is -0.480 e. The Morgan fingerprint density at radius 1 is 1.24 bits per heavy atom. The smallest absolute Gasteiger partial charge is 0.261 e. The van der Waals surface area contributed by atoms with Gasteiger partial charge in [-0.2, -0.15) is 4.98 Å². The van der Waals surface area contributed by atoms with E-state index in [2.05, 4.69) is 20.2 Å². The number of morpholine rings is 1. The molecule has 2 aromatic heterocycles. The summed E-state index contributed by atoms with van der Waals surface area (Å²) in [6.07, 6.45) is 0. The molecular formula is C23H27FN4O4S. The van der Waals surface area contributed by atoms with Gasteiger partial charge in [-0.1, -0.05) is 12.1 Å². The molecule has 1 aliphatic heterocycles. The molecule has 0 bridgehead atoms. The Kier molecular flexibility index (Phi) is 7.49. The normalized spacial score (nSPS) is 15.5. The molecule has 0 radical (unpaired) electrons. The quantitative estimate of drug-likeness (QED) is 0.537. The molecule has 1 N–H and O–H groups in total. The molecule has 1 unspecified atom stereocenters. The summed E-state index contributed by atoms with van der Waals surface area (Å²) in [5.41, 5.74) is 1.72. The third-order valence-corrected chi connectivity index (χ3v) is 6.86. The van der Waals surface area contributed by atoms with Crippen molar-refractivity contribution in [2.24, 2.45) is 0 Å². The number of fused-ring (bicyclic) bond motifs is 1. The second-order valence-corrected chi connectivity index (χ2v) is 8.74. The van der Waals surface area contributed by atoms with E-state index in [1.54, 1.807) is 26.4 Å². The summed E-state index contributed by atoms with van der Waals surface area (Å²) in [5.74, 6) is 0.453. The van der Waals surface area contributed by atoms with Crippen molar-refractivity contribution in [3.05, 3.63) is 51.9 Å². The van der Waals surface area contributed by atoms with E-state index < -0.39 is 0 Å². The molecular weight excluding hydrogens is 447 g/mol. The van der Waals surface area contributed by atoms with Crippen LogP contribution in [0.15, 0.2) is 24.3 Å². The first-order valence-corrected chi connectivity index (χ1v) is 11.5. The zero-order chi connectivity index (χ0) is 23.4. The van der Waals surface area contributed by atoms with Crippen molar-refractivity contribution in [3.8, 4) is 5.88 Å². The van der Waals surface area contributed by atoms with E-state index in [1.165, 1.54) is 23.5 Å². The molecule has 4 rings (SSSR count). The largest absolute Gasteiger partial charge is 0.480 e. The van der Waals surface area contributed by atoms with Crippen molar-refractivity contribution in [1.29, 1.82) is 0 Å². The van der Waals surface area contributed by atoms with Crippen LogP contribution in [0.4, 0.5) is 4.39 Å². The molecule has 3 aromatic rings. The maximum Gasteiger partial charge on any atom is 0.261 e. The monoisotopic (exact) mass is 474 g/mol. The lowest BCUT2D eigenvalue weighted by Gasteiger charge is -2.35. The number of halogens is 1. The molecule has 3 heterocycles. The molecule has 1 aromatic carbocycles. The van der Waals surface area contributed by atoms with Gasteiger partial charge in [-0.15, -0.1) is 11.3 Å². The van der Waals surface area contributed by atoms with Gasteiger partial charge in [0.25, 0.3) is 5.91 Å². The fourth-order valence-corrected chi connectivity index (χ4v) is 5.11. The van der Waals surface area contributed by atoms with Crippen LogP contribution in [0.5, 0.6) is 5.88 Å². The molecule has 1 atom stereocenters. The van der Waals surface area contributed by atoms with Crippen molar-refractivity contribution < 1.29 is 23.4 Å². The number of thiophene rings is 1. The summed E-state index contributed by atoms with van der Waals surface area (Å²) in [5, 5.41) is 3.80. The van der Waals surface area contributed by atoms with Gasteiger partial charge in [0, 0.05) is 26.7 Å². The highest BCUT2D eigenvalue weighted by atomic mass is 32.1. The third-order valence-electron chi connectivity index (χ3n) is 5.67. The zero-order valence-electron chi connectivity index (χ0n) is 18.9. The van der Waals surface area contributed by atoms with Crippen LogP contribution >= 0.6 is 11.3 Å². The van der Waals surface area contributed by atoms with Crippen LogP contribution in [0, 0.1) is 12.7 Å². The lowest BCUT2D eigenvalue weighted by Crippen LogP contribution is -2.43. The SMILES string of the molecule is COCc1nc(OC)c2c(C)c(C(=O)NCC(c3ccc(F)cc3)N3CCOCC3)sc2n1. The molecule has 0 saturated carbocycles. The molecule has 1 amide bonds. The number of aryl methyl sites for hydroxylation is 1. The van der Waals surface area contributed by atoms with Gasteiger partial charge in [-0.25, -0.2) is 9.37 Å². The van der Waals surface area contributed by atoms with Crippen LogP contribution in [0.3, 0.4) is 0 Å². The first-order valence-electron chi connectivity index (χ1n) is 10.7. The molecule has 1 aliphatic rings. The lowest BCUT2D eigenvalue weighted by molar-refractivity contribution is 0.0162. The minimum atomic E-state index is -0.285. The number of hydrogen-bond donors (Lipinski definition) is 1. The van der Waals surface area contributed by atoms with E-state index in [0.717, 1.165) is 29.6 Å². The standard InChI is InChI=1S/C23H27FN4O4S/c1-14-19-22(31-3)26-18(13-30-2)27-23(19)33-20(14)21(29)25-12-17(28-8-10-32-11-9-28)15-4-6-16(24)7-5-15/h4-7,17H,8-13H2,1-3H3,(H,25,29). The number of benzene rings is 1. The van der Waals surface area contributed by atoms with Gasteiger partial charge in [0.15, 0.2) is 5.82 Å². The van der Waals surface area contributed by atoms with E-state index in [0.29, 0.717) is 41.2 Å². The van der Waals surface area contributed by atoms with Crippen LogP contribution < -0.4 is 10.1 Å². The number of methoxy groups -OCH3 is 2. The van der Waals surface area contributed by atoms with Crippen molar-refractivity contribution in [1.82, 2.24) is 20.2 Å². The Bertz CT molecular complexity index is 1120. The predicted octanol–water partition coefficient (Wildman–Crippen LogP) is 3.10. The number of carbonyl (C=O) groups is 1. The molecule has 0 spiro atoms. The molecule has 1 saturated heterocycles. The van der Waals surface area contributed by atoms with Crippen LogP contribution in [-0.4, -0.2) is 67.8 Å². The van der Waals surface area contributed by atoms with Gasteiger partial charge in [-0.05, 0) is 30.2 Å². The van der Waals surface area contributed by atoms with Gasteiger partial charge < -0.3 is 19.5 Å². The minimum absolute atomic E-state index is 0.0873. The van der Waals surface area contributed by atoms with E-state index in [9.17, 15) is 9.18 Å². The third kappa shape index (κ3) is 5.14. The van der Waals surface area contributed by atoms with Crippen LogP contribution in [0.25, 0.3) is 10.2 Å².